The molecule has 0 radical (unpaired) electrons. The van der Waals surface area contributed by atoms with Crippen LogP contribution in [0.2, 0.25) is 0 Å². The predicted molar refractivity (Wildman–Crippen MR) is 167 cm³/mol. The van der Waals surface area contributed by atoms with E-state index in [1.807, 2.05) is 19.9 Å². The minimum Gasteiger partial charge on any atom is -0.395 e. The molecule has 1 fully saturated rings. The molecule has 10 nitrogen and oxygen atoms in total. The molecule has 43 heavy (non-hydrogen) atoms. The van der Waals surface area contributed by atoms with Crippen LogP contribution in [0.1, 0.15) is 35.3 Å². The highest BCUT2D eigenvalue weighted by Crippen LogP contribution is 2.31. The molecular weight excluding hydrogens is 549 g/mol. The summed E-state index contributed by atoms with van der Waals surface area (Å²) in [6, 6.07) is 15.3. The first kappa shape index (κ1) is 29.9. The number of aryl methyl sites for hydroxylation is 1. The SMILES string of the molecule is Cc1ccc(-c2cc(Nc3ccc(N4CCN(C)CC4)cn3)c(=O)[nH]n2)c(F)c1NC(=O)c1ccc(C(C)(C)CO)cc1. The van der Waals surface area contributed by atoms with Crippen LogP contribution in [0.25, 0.3) is 11.3 Å². The Labute approximate surface area is 249 Å². The van der Waals surface area contributed by atoms with Crippen molar-refractivity contribution < 1.29 is 14.3 Å². The summed E-state index contributed by atoms with van der Waals surface area (Å²) in [5, 5.41) is 21.8. The van der Waals surface area contributed by atoms with E-state index in [1.54, 1.807) is 55.6 Å². The molecule has 11 heteroatoms. The number of amides is 1. The van der Waals surface area contributed by atoms with E-state index in [0.29, 0.717) is 16.9 Å². The zero-order chi connectivity index (χ0) is 30.7. The number of H-pyrrole nitrogens is 1. The molecule has 0 spiro atoms. The third kappa shape index (κ3) is 6.58. The van der Waals surface area contributed by atoms with E-state index >= 15 is 4.39 Å². The summed E-state index contributed by atoms with van der Waals surface area (Å²) in [5.74, 6) is -0.687. The number of carbonyl (C=O) groups excluding carboxylic acids is 1. The Morgan fingerprint density at radius 3 is 2.44 bits per heavy atom. The van der Waals surface area contributed by atoms with Gasteiger partial charge in [-0.25, -0.2) is 14.5 Å². The maximum Gasteiger partial charge on any atom is 0.287 e. The topological polar surface area (TPSA) is 126 Å². The summed E-state index contributed by atoms with van der Waals surface area (Å²) in [6.45, 7) is 9.25. The van der Waals surface area contributed by atoms with Gasteiger partial charge in [0.1, 0.15) is 11.5 Å². The van der Waals surface area contributed by atoms with Crippen molar-refractivity contribution in [3.8, 4) is 11.3 Å². The van der Waals surface area contributed by atoms with E-state index in [-0.39, 0.29) is 29.2 Å². The van der Waals surface area contributed by atoms with Crippen LogP contribution in [0.5, 0.6) is 0 Å². The fraction of sp³-hybridized carbons (Fsp3) is 0.312. The summed E-state index contributed by atoms with van der Waals surface area (Å²) in [7, 11) is 2.10. The molecule has 0 unspecified atom stereocenters. The molecule has 1 saturated heterocycles. The lowest BCUT2D eigenvalue weighted by molar-refractivity contribution is 0.102. The first-order valence-electron chi connectivity index (χ1n) is 14.1. The van der Waals surface area contributed by atoms with Gasteiger partial charge in [0.15, 0.2) is 5.82 Å². The molecule has 224 valence electrons. The second-order valence-corrected chi connectivity index (χ2v) is 11.5. The second kappa shape index (κ2) is 12.3. The first-order chi connectivity index (χ1) is 20.6. The van der Waals surface area contributed by atoms with Gasteiger partial charge in [0.05, 0.1) is 29.9 Å². The van der Waals surface area contributed by atoms with Gasteiger partial charge in [-0.05, 0) is 61.5 Å². The highest BCUT2D eigenvalue weighted by molar-refractivity contribution is 6.05. The number of rotatable bonds is 8. The lowest BCUT2D eigenvalue weighted by Gasteiger charge is -2.33. The van der Waals surface area contributed by atoms with Crippen LogP contribution >= 0.6 is 0 Å². The standard InChI is InChI=1S/C32H36FN7O3/c1-20-5-11-24(28(33)29(20)36-30(42)21-6-8-22(9-7-21)32(2,3)19-41)25-17-26(31(43)38-37-25)35-27-12-10-23(18-34-27)40-15-13-39(4)14-16-40/h5-12,17-18,41H,13-16,19H2,1-4H3,(H,36,42)(H,38,43)(H,34,35,37). The summed E-state index contributed by atoms with van der Waals surface area (Å²) in [5.41, 5.74) is 2.29. The molecular formula is C32H36FN7O3. The molecule has 1 aliphatic rings. The number of carbonyl (C=O) groups is 1. The quantitative estimate of drug-likeness (QED) is 0.241. The first-order valence-corrected chi connectivity index (χ1v) is 14.1. The van der Waals surface area contributed by atoms with Crippen molar-refractivity contribution in [3.63, 3.8) is 0 Å². The summed E-state index contributed by atoms with van der Waals surface area (Å²) in [6.07, 6.45) is 1.76. The number of aromatic amines is 1. The lowest BCUT2D eigenvalue weighted by Crippen LogP contribution is -2.44. The monoisotopic (exact) mass is 585 g/mol. The number of aromatic nitrogens is 3. The number of piperazine rings is 1. The molecule has 2 aromatic carbocycles. The van der Waals surface area contributed by atoms with Crippen molar-refractivity contribution in [2.75, 3.05) is 55.4 Å². The van der Waals surface area contributed by atoms with Crippen molar-refractivity contribution in [2.24, 2.45) is 0 Å². The van der Waals surface area contributed by atoms with Gasteiger partial charge in [-0.3, -0.25) is 9.59 Å². The van der Waals surface area contributed by atoms with Crippen LogP contribution < -0.4 is 21.1 Å². The summed E-state index contributed by atoms with van der Waals surface area (Å²) >= 11 is 0. The summed E-state index contributed by atoms with van der Waals surface area (Å²) < 4.78 is 15.9. The smallest absolute Gasteiger partial charge is 0.287 e. The van der Waals surface area contributed by atoms with Gasteiger partial charge in [0.2, 0.25) is 0 Å². The van der Waals surface area contributed by atoms with Gasteiger partial charge in [-0.2, -0.15) is 5.10 Å². The van der Waals surface area contributed by atoms with Crippen LogP contribution in [-0.2, 0) is 5.41 Å². The minimum absolute atomic E-state index is 0.0194. The number of hydrogen-bond acceptors (Lipinski definition) is 8. The molecule has 0 bridgehead atoms. The third-order valence-electron chi connectivity index (χ3n) is 7.87. The molecule has 1 aliphatic heterocycles. The fourth-order valence-corrected chi connectivity index (χ4v) is 4.86. The Morgan fingerprint density at radius 1 is 1.07 bits per heavy atom. The number of benzene rings is 2. The Balaban J connectivity index is 1.35. The highest BCUT2D eigenvalue weighted by atomic mass is 19.1. The zero-order valence-electron chi connectivity index (χ0n) is 24.7. The van der Waals surface area contributed by atoms with Gasteiger partial charge >= 0.3 is 0 Å². The molecule has 2 aromatic heterocycles. The number of hydrogen-bond donors (Lipinski definition) is 4. The van der Waals surface area contributed by atoms with Crippen LogP contribution in [-0.4, -0.2) is 70.9 Å². The lowest BCUT2D eigenvalue weighted by atomic mass is 9.85. The van der Waals surface area contributed by atoms with Gasteiger partial charge < -0.3 is 25.5 Å². The van der Waals surface area contributed by atoms with E-state index in [2.05, 4.69) is 42.7 Å². The molecule has 0 saturated carbocycles. The third-order valence-corrected chi connectivity index (χ3v) is 7.87. The Bertz CT molecular complexity index is 1660. The van der Waals surface area contributed by atoms with Crippen molar-refractivity contribution in [1.29, 1.82) is 0 Å². The maximum absolute atomic E-state index is 15.9. The molecule has 5 rings (SSSR count). The van der Waals surface area contributed by atoms with Crippen molar-refractivity contribution in [3.05, 3.63) is 93.7 Å². The van der Waals surface area contributed by atoms with Gasteiger partial charge in [0, 0.05) is 42.7 Å². The summed E-state index contributed by atoms with van der Waals surface area (Å²) in [4.78, 5) is 34.6. The van der Waals surface area contributed by atoms with E-state index in [4.69, 9.17) is 0 Å². The molecule has 0 aliphatic carbocycles. The van der Waals surface area contributed by atoms with Crippen LogP contribution in [0.4, 0.5) is 27.3 Å². The average molecular weight is 586 g/mol. The number of aliphatic hydroxyl groups excluding tert-OH is 1. The van der Waals surface area contributed by atoms with Crippen molar-refractivity contribution in [1.82, 2.24) is 20.1 Å². The number of nitrogens with zero attached hydrogens (tertiary/aromatic N) is 4. The molecule has 1 amide bonds. The number of likely N-dealkylation sites (N-methyl/N-ethyl adjacent to an activating group) is 1. The maximum atomic E-state index is 15.9. The fourth-order valence-electron chi connectivity index (χ4n) is 4.86. The molecule has 4 aromatic rings. The van der Waals surface area contributed by atoms with E-state index < -0.39 is 22.7 Å². The number of halogens is 1. The number of aliphatic hydroxyl groups is 1. The van der Waals surface area contributed by atoms with Gasteiger partial charge in [-0.1, -0.05) is 32.0 Å². The van der Waals surface area contributed by atoms with E-state index in [9.17, 15) is 14.7 Å². The molecule has 4 N–H and O–H groups in total. The van der Waals surface area contributed by atoms with Gasteiger partial charge in [-0.15, -0.1) is 0 Å². The zero-order valence-corrected chi connectivity index (χ0v) is 24.7. The number of nitrogens with one attached hydrogen (secondary N) is 3. The average Bonchev–Trinajstić information content (AvgIpc) is 3.01. The Hall–Kier alpha value is -4.61. The minimum atomic E-state index is -0.675. The van der Waals surface area contributed by atoms with Crippen LogP contribution in [0, 0.1) is 12.7 Å². The van der Waals surface area contributed by atoms with Crippen LogP contribution in [0.15, 0.2) is 65.6 Å². The normalized spacial score (nSPS) is 14.0. The van der Waals surface area contributed by atoms with Gasteiger partial charge in [0.25, 0.3) is 11.5 Å². The Kier molecular flexibility index (Phi) is 8.56. The predicted octanol–water partition coefficient (Wildman–Crippen LogP) is 4.30. The van der Waals surface area contributed by atoms with Crippen molar-refractivity contribution in [2.45, 2.75) is 26.2 Å². The van der Waals surface area contributed by atoms with E-state index in [0.717, 1.165) is 37.4 Å². The highest BCUT2D eigenvalue weighted by Gasteiger charge is 2.21. The second-order valence-electron chi connectivity index (χ2n) is 11.5. The molecule has 3 heterocycles. The number of pyridine rings is 1. The Morgan fingerprint density at radius 2 is 1.79 bits per heavy atom. The van der Waals surface area contributed by atoms with Crippen LogP contribution in [0.3, 0.4) is 0 Å². The molecule has 0 atom stereocenters. The van der Waals surface area contributed by atoms with E-state index in [1.165, 1.54) is 6.07 Å². The number of anilines is 4. The van der Waals surface area contributed by atoms with Crippen molar-refractivity contribution >= 4 is 28.8 Å². The largest absolute Gasteiger partial charge is 0.395 e.